The summed E-state index contributed by atoms with van der Waals surface area (Å²) in [6.45, 7) is 0.369. The third kappa shape index (κ3) is 3.14. The maximum Gasteiger partial charge on any atom is 0.261 e. The number of aromatic amines is 1. The van der Waals surface area contributed by atoms with Crippen molar-refractivity contribution in [3.63, 3.8) is 0 Å². The minimum Gasteiger partial charge on any atom is -0.346 e. The number of carbonyl (C=O) groups excluding carboxylic acids is 1. The molecule has 0 saturated heterocycles. The molecular weight excluding hydrogens is 310 g/mol. The molecule has 1 amide bonds. The van der Waals surface area contributed by atoms with Crippen LogP contribution >= 0.6 is 22.9 Å². The Morgan fingerprint density at radius 2 is 2.33 bits per heavy atom. The third-order valence-corrected chi connectivity index (χ3v) is 4.04. The first-order chi connectivity index (χ1) is 10.1. The number of nitrogens with one attached hydrogen (secondary N) is 2. The van der Waals surface area contributed by atoms with Crippen molar-refractivity contribution in [1.29, 1.82) is 0 Å². The Hall–Kier alpha value is -2.12. The first kappa shape index (κ1) is 13.8. The standard InChI is InChI=1S/C13H12ClN5OS/c1-19-6-9(17-7-19)12-15-4-8(18-12)5-16-13(20)10-2-3-11(14)21-10/h2-4,6-7H,5H2,1H3,(H,15,18)(H,16,20). The lowest BCUT2D eigenvalue weighted by Crippen LogP contribution is -2.21. The van der Waals surface area contributed by atoms with Crippen LogP contribution in [-0.2, 0) is 13.6 Å². The largest absolute Gasteiger partial charge is 0.346 e. The first-order valence-corrected chi connectivity index (χ1v) is 7.37. The van der Waals surface area contributed by atoms with Crippen LogP contribution in [-0.4, -0.2) is 25.4 Å². The van der Waals surface area contributed by atoms with E-state index in [9.17, 15) is 4.79 Å². The van der Waals surface area contributed by atoms with Gasteiger partial charge in [0.05, 0.1) is 34.0 Å². The number of rotatable bonds is 4. The van der Waals surface area contributed by atoms with E-state index in [-0.39, 0.29) is 5.91 Å². The van der Waals surface area contributed by atoms with Crippen LogP contribution in [0.2, 0.25) is 4.34 Å². The number of thiophene rings is 1. The van der Waals surface area contributed by atoms with Gasteiger partial charge in [0.2, 0.25) is 0 Å². The summed E-state index contributed by atoms with van der Waals surface area (Å²) in [7, 11) is 1.90. The molecule has 3 heterocycles. The fourth-order valence-corrected chi connectivity index (χ4v) is 2.77. The number of aryl methyl sites for hydroxylation is 1. The van der Waals surface area contributed by atoms with Gasteiger partial charge in [0.25, 0.3) is 5.91 Å². The van der Waals surface area contributed by atoms with E-state index in [2.05, 4.69) is 20.3 Å². The summed E-state index contributed by atoms with van der Waals surface area (Å²) in [5, 5.41) is 2.81. The SMILES string of the molecule is Cn1cnc(-c2ncc(CNC(=O)c3ccc(Cl)s3)[nH]2)c1. The van der Waals surface area contributed by atoms with Gasteiger partial charge in [-0.1, -0.05) is 11.6 Å². The minimum atomic E-state index is -0.152. The lowest BCUT2D eigenvalue weighted by atomic mass is 10.4. The van der Waals surface area contributed by atoms with E-state index in [4.69, 9.17) is 11.6 Å². The van der Waals surface area contributed by atoms with Crippen molar-refractivity contribution >= 4 is 28.8 Å². The number of amides is 1. The highest BCUT2D eigenvalue weighted by molar-refractivity contribution is 7.17. The molecule has 0 aromatic carbocycles. The molecule has 108 valence electrons. The number of halogens is 1. The van der Waals surface area contributed by atoms with Gasteiger partial charge in [-0.05, 0) is 12.1 Å². The van der Waals surface area contributed by atoms with Crippen LogP contribution in [0.25, 0.3) is 11.5 Å². The van der Waals surface area contributed by atoms with Gasteiger partial charge in [0.1, 0.15) is 5.69 Å². The molecule has 0 fully saturated rings. The van der Waals surface area contributed by atoms with Crippen molar-refractivity contribution in [3.05, 3.63) is 45.8 Å². The average molecular weight is 322 g/mol. The Morgan fingerprint density at radius 3 is 3.00 bits per heavy atom. The molecule has 2 N–H and O–H groups in total. The van der Waals surface area contributed by atoms with Gasteiger partial charge in [-0.2, -0.15) is 0 Å². The van der Waals surface area contributed by atoms with Gasteiger partial charge >= 0.3 is 0 Å². The predicted molar refractivity (Wildman–Crippen MR) is 81.3 cm³/mol. The minimum absolute atomic E-state index is 0.152. The molecule has 0 aliphatic heterocycles. The number of hydrogen-bond acceptors (Lipinski definition) is 4. The van der Waals surface area contributed by atoms with Gasteiger partial charge in [-0.15, -0.1) is 11.3 Å². The summed E-state index contributed by atoms with van der Waals surface area (Å²) in [5.41, 5.74) is 1.58. The van der Waals surface area contributed by atoms with E-state index >= 15 is 0 Å². The summed E-state index contributed by atoms with van der Waals surface area (Å²) in [4.78, 5) is 24.1. The van der Waals surface area contributed by atoms with Crippen LogP contribution in [0.5, 0.6) is 0 Å². The maximum atomic E-state index is 11.9. The molecule has 6 nitrogen and oxygen atoms in total. The highest BCUT2D eigenvalue weighted by Gasteiger charge is 2.10. The summed E-state index contributed by atoms with van der Waals surface area (Å²) >= 11 is 7.06. The molecule has 0 radical (unpaired) electrons. The zero-order valence-corrected chi connectivity index (χ0v) is 12.7. The van der Waals surface area contributed by atoms with E-state index in [1.54, 1.807) is 24.7 Å². The molecule has 0 aliphatic rings. The van der Waals surface area contributed by atoms with Crippen LogP contribution in [0.1, 0.15) is 15.4 Å². The van der Waals surface area contributed by atoms with Crippen molar-refractivity contribution in [2.75, 3.05) is 0 Å². The van der Waals surface area contributed by atoms with E-state index in [1.807, 2.05) is 17.8 Å². The molecule has 3 aromatic rings. The summed E-state index contributed by atoms with van der Waals surface area (Å²) < 4.78 is 2.44. The van der Waals surface area contributed by atoms with Gasteiger partial charge < -0.3 is 14.9 Å². The Balaban J connectivity index is 1.64. The fourth-order valence-electron chi connectivity index (χ4n) is 1.81. The van der Waals surface area contributed by atoms with Crippen LogP contribution in [0.3, 0.4) is 0 Å². The second-order valence-electron chi connectivity index (χ2n) is 4.47. The highest BCUT2D eigenvalue weighted by atomic mass is 35.5. The van der Waals surface area contributed by atoms with E-state index < -0.39 is 0 Å². The quantitative estimate of drug-likeness (QED) is 0.775. The lowest BCUT2D eigenvalue weighted by molar-refractivity contribution is 0.0954. The Kier molecular flexibility index (Phi) is 3.76. The number of H-pyrrole nitrogens is 1. The monoisotopic (exact) mass is 321 g/mol. The molecule has 21 heavy (non-hydrogen) atoms. The van der Waals surface area contributed by atoms with Crippen molar-refractivity contribution in [2.45, 2.75) is 6.54 Å². The highest BCUT2D eigenvalue weighted by Crippen LogP contribution is 2.21. The number of hydrogen-bond donors (Lipinski definition) is 2. The molecule has 8 heteroatoms. The molecule has 3 rings (SSSR count). The van der Waals surface area contributed by atoms with Gasteiger partial charge in [-0.3, -0.25) is 4.79 Å². The second kappa shape index (κ2) is 5.71. The fraction of sp³-hybridized carbons (Fsp3) is 0.154. The molecule has 0 atom stereocenters. The summed E-state index contributed by atoms with van der Waals surface area (Å²) in [5.74, 6) is 0.528. The topological polar surface area (TPSA) is 75.6 Å². The second-order valence-corrected chi connectivity index (χ2v) is 6.18. The zero-order valence-electron chi connectivity index (χ0n) is 11.1. The number of nitrogens with zero attached hydrogens (tertiary/aromatic N) is 3. The smallest absolute Gasteiger partial charge is 0.261 e. The van der Waals surface area contributed by atoms with Crippen LogP contribution in [0, 0.1) is 0 Å². The van der Waals surface area contributed by atoms with Gasteiger partial charge in [0, 0.05) is 13.2 Å². The molecule has 0 unspecified atom stereocenters. The third-order valence-electron chi connectivity index (χ3n) is 2.81. The van der Waals surface area contributed by atoms with E-state index in [0.717, 1.165) is 11.4 Å². The number of aromatic nitrogens is 4. The van der Waals surface area contributed by atoms with Gasteiger partial charge in [0.15, 0.2) is 5.82 Å². The number of imidazole rings is 2. The Morgan fingerprint density at radius 1 is 1.48 bits per heavy atom. The Labute approximate surface area is 129 Å². The summed E-state index contributed by atoms with van der Waals surface area (Å²) in [6, 6.07) is 3.41. The van der Waals surface area contributed by atoms with Crippen molar-refractivity contribution < 1.29 is 4.79 Å². The average Bonchev–Trinajstić information content (AvgIpc) is 3.16. The molecule has 0 saturated carbocycles. The van der Waals surface area contributed by atoms with E-state index in [0.29, 0.717) is 21.6 Å². The van der Waals surface area contributed by atoms with Crippen molar-refractivity contribution in [2.24, 2.45) is 7.05 Å². The van der Waals surface area contributed by atoms with E-state index in [1.165, 1.54) is 11.3 Å². The predicted octanol–water partition coefficient (Wildman–Crippen LogP) is 2.46. The molecule has 0 bridgehead atoms. The normalized spacial score (nSPS) is 10.8. The molecule has 3 aromatic heterocycles. The van der Waals surface area contributed by atoms with Crippen LogP contribution in [0.4, 0.5) is 0 Å². The molecule has 0 aliphatic carbocycles. The zero-order chi connectivity index (χ0) is 14.8. The summed E-state index contributed by atoms with van der Waals surface area (Å²) in [6.07, 6.45) is 5.26. The van der Waals surface area contributed by atoms with Gasteiger partial charge in [-0.25, -0.2) is 9.97 Å². The lowest BCUT2D eigenvalue weighted by Gasteiger charge is -2.00. The molecule has 0 spiro atoms. The molecular formula is C13H12ClN5OS. The van der Waals surface area contributed by atoms with Crippen LogP contribution < -0.4 is 5.32 Å². The van der Waals surface area contributed by atoms with Crippen LogP contribution in [0.15, 0.2) is 30.9 Å². The number of carbonyl (C=O) groups is 1. The Bertz CT molecular complexity index is 775. The maximum absolute atomic E-state index is 11.9. The first-order valence-electron chi connectivity index (χ1n) is 6.17. The van der Waals surface area contributed by atoms with Crippen molar-refractivity contribution in [1.82, 2.24) is 24.8 Å². The van der Waals surface area contributed by atoms with Crippen molar-refractivity contribution in [3.8, 4) is 11.5 Å².